The molecule has 0 aliphatic heterocycles. The molecule has 1 aromatic heterocycles. The molecule has 0 atom stereocenters. The van der Waals surface area contributed by atoms with Gasteiger partial charge in [0.15, 0.2) is 0 Å². The number of aromatic nitrogens is 1. The predicted molar refractivity (Wildman–Crippen MR) is 59.5 cm³/mol. The summed E-state index contributed by atoms with van der Waals surface area (Å²) in [5.74, 6) is 0. The van der Waals surface area contributed by atoms with Crippen molar-refractivity contribution in [2.24, 2.45) is 0 Å². The summed E-state index contributed by atoms with van der Waals surface area (Å²) in [5.41, 5.74) is 0.772. The number of fused-ring (bicyclic) bond motifs is 1. The van der Waals surface area contributed by atoms with Crippen LogP contribution in [0, 0.1) is 0 Å². The van der Waals surface area contributed by atoms with Crippen LogP contribution in [0.5, 0.6) is 0 Å². The summed E-state index contributed by atoms with van der Waals surface area (Å²) in [7, 11) is 0. The number of nitrogens with zero attached hydrogens (tertiary/aromatic N) is 1. The smallest absolute Gasteiger partial charge is 0.0890 e. The van der Waals surface area contributed by atoms with Crippen LogP contribution in [-0.2, 0) is 0 Å². The van der Waals surface area contributed by atoms with Gasteiger partial charge in [0.25, 0.3) is 0 Å². The first-order valence-corrected chi connectivity index (χ1v) is 5.12. The Morgan fingerprint density at radius 3 is 2.69 bits per heavy atom. The van der Waals surface area contributed by atoms with Crippen molar-refractivity contribution in [3.05, 3.63) is 38.9 Å². The Bertz CT molecular complexity index is 465. The standard InChI is InChI=1S/C9H4BrCl2N/c10-6-1-5-2-7(11)3-8(12)9(5)13-4-6/h1-4H. The monoisotopic (exact) mass is 275 g/mol. The fourth-order valence-corrected chi connectivity index (χ4v) is 2.05. The number of hydrogen-bond acceptors (Lipinski definition) is 1. The minimum absolute atomic E-state index is 0.579. The third-order valence-corrected chi connectivity index (χ3v) is 2.61. The highest BCUT2D eigenvalue weighted by molar-refractivity contribution is 9.10. The van der Waals surface area contributed by atoms with Crippen molar-refractivity contribution in [2.45, 2.75) is 0 Å². The van der Waals surface area contributed by atoms with Crippen molar-refractivity contribution in [3.63, 3.8) is 0 Å². The maximum Gasteiger partial charge on any atom is 0.0890 e. The van der Waals surface area contributed by atoms with Gasteiger partial charge in [0.05, 0.1) is 10.5 Å². The van der Waals surface area contributed by atoms with E-state index in [1.54, 1.807) is 12.3 Å². The van der Waals surface area contributed by atoms with Crippen LogP contribution >= 0.6 is 39.1 Å². The fourth-order valence-electron chi connectivity index (χ4n) is 1.14. The van der Waals surface area contributed by atoms with Gasteiger partial charge in [-0.1, -0.05) is 23.2 Å². The summed E-state index contributed by atoms with van der Waals surface area (Å²) >= 11 is 15.1. The van der Waals surface area contributed by atoms with E-state index in [1.807, 2.05) is 12.1 Å². The molecule has 0 spiro atoms. The molecule has 1 aromatic carbocycles. The lowest BCUT2D eigenvalue weighted by atomic mass is 10.2. The average molecular weight is 277 g/mol. The first-order valence-electron chi connectivity index (χ1n) is 3.57. The number of pyridine rings is 1. The molecule has 4 heteroatoms. The van der Waals surface area contributed by atoms with Gasteiger partial charge in [-0.25, -0.2) is 0 Å². The van der Waals surface area contributed by atoms with E-state index in [-0.39, 0.29) is 0 Å². The lowest BCUT2D eigenvalue weighted by molar-refractivity contribution is 1.39. The van der Waals surface area contributed by atoms with Gasteiger partial charge >= 0.3 is 0 Å². The highest BCUT2D eigenvalue weighted by Crippen LogP contribution is 2.27. The molecule has 0 saturated heterocycles. The molecule has 66 valence electrons. The van der Waals surface area contributed by atoms with E-state index in [0.717, 1.165) is 15.4 Å². The largest absolute Gasteiger partial charge is 0.254 e. The Labute approximate surface area is 93.8 Å². The van der Waals surface area contributed by atoms with Gasteiger partial charge in [0.1, 0.15) is 0 Å². The maximum absolute atomic E-state index is 5.95. The second kappa shape index (κ2) is 3.45. The molecular weight excluding hydrogens is 273 g/mol. The van der Waals surface area contributed by atoms with Gasteiger partial charge in [-0.3, -0.25) is 4.98 Å². The van der Waals surface area contributed by atoms with Crippen molar-refractivity contribution < 1.29 is 0 Å². The fraction of sp³-hybridized carbons (Fsp3) is 0. The summed E-state index contributed by atoms with van der Waals surface area (Å²) in [6.45, 7) is 0. The molecule has 0 fully saturated rings. The first-order chi connectivity index (χ1) is 6.16. The van der Waals surface area contributed by atoms with Crippen LogP contribution in [0.2, 0.25) is 10.0 Å². The molecule has 13 heavy (non-hydrogen) atoms. The van der Waals surface area contributed by atoms with E-state index in [1.165, 1.54) is 0 Å². The normalized spacial score (nSPS) is 10.7. The molecule has 0 unspecified atom stereocenters. The Morgan fingerprint density at radius 2 is 1.92 bits per heavy atom. The van der Waals surface area contributed by atoms with Crippen LogP contribution in [0.15, 0.2) is 28.9 Å². The van der Waals surface area contributed by atoms with E-state index in [4.69, 9.17) is 23.2 Å². The summed E-state index contributed by atoms with van der Waals surface area (Å²) < 4.78 is 0.915. The van der Waals surface area contributed by atoms with Crippen molar-refractivity contribution in [1.82, 2.24) is 4.98 Å². The van der Waals surface area contributed by atoms with E-state index >= 15 is 0 Å². The lowest BCUT2D eigenvalue weighted by Gasteiger charge is -2.00. The Morgan fingerprint density at radius 1 is 1.15 bits per heavy atom. The van der Waals surface area contributed by atoms with Gasteiger partial charge < -0.3 is 0 Å². The van der Waals surface area contributed by atoms with Crippen LogP contribution < -0.4 is 0 Å². The molecule has 0 N–H and O–H groups in total. The number of hydrogen-bond donors (Lipinski definition) is 0. The molecule has 2 aromatic rings. The molecule has 0 aliphatic rings. The molecule has 0 radical (unpaired) electrons. The van der Waals surface area contributed by atoms with Gasteiger partial charge in [0.2, 0.25) is 0 Å². The van der Waals surface area contributed by atoms with Crippen LogP contribution in [0.25, 0.3) is 10.9 Å². The van der Waals surface area contributed by atoms with E-state index in [2.05, 4.69) is 20.9 Å². The second-order valence-corrected chi connectivity index (χ2v) is 4.37. The molecular formula is C9H4BrCl2N. The van der Waals surface area contributed by atoms with E-state index < -0.39 is 0 Å². The number of benzene rings is 1. The minimum atomic E-state index is 0.579. The third kappa shape index (κ3) is 1.80. The second-order valence-electron chi connectivity index (χ2n) is 2.61. The number of halogens is 3. The quantitative estimate of drug-likeness (QED) is 0.699. The van der Waals surface area contributed by atoms with Gasteiger partial charge in [-0.2, -0.15) is 0 Å². The zero-order valence-electron chi connectivity index (χ0n) is 6.39. The van der Waals surface area contributed by atoms with E-state index in [0.29, 0.717) is 10.0 Å². The Hall–Kier alpha value is -0.310. The van der Waals surface area contributed by atoms with Gasteiger partial charge in [-0.05, 0) is 34.1 Å². The molecule has 1 heterocycles. The Kier molecular flexibility index (Phi) is 2.45. The van der Waals surface area contributed by atoms with E-state index in [9.17, 15) is 0 Å². The van der Waals surface area contributed by atoms with Crippen molar-refractivity contribution in [1.29, 1.82) is 0 Å². The average Bonchev–Trinajstić information content (AvgIpc) is 2.02. The van der Waals surface area contributed by atoms with Crippen molar-refractivity contribution >= 4 is 50.0 Å². The van der Waals surface area contributed by atoms with Crippen LogP contribution in [0.3, 0.4) is 0 Å². The van der Waals surface area contributed by atoms with Gasteiger partial charge in [0, 0.05) is 21.1 Å². The molecule has 0 amide bonds. The summed E-state index contributed by atoms with van der Waals surface area (Å²) in [5, 5.41) is 2.14. The maximum atomic E-state index is 5.95. The summed E-state index contributed by atoms with van der Waals surface area (Å²) in [6.07, 6.45) is 1.71. The topological polar surface area (TPSA) is 12.9 Å². The molecule has 2 rings (SSSR count). The first kappa shape index (κ1) is 9.25. The summed E-state index contributed by atoms with van der Waals surface area (Å²) in [6, 6.07) is 5.45. The highest BCUT2D eigenvalue weighted by atomic mass is 79.9. The van der Waals surface area contributed by atoms with Crippen LogP contribution in [0.1, 0.15) is 0 Å². The predicted octanol–water partition coefficient (Wildman–Crippen LogP) is 4.30. The van der Waals surface area contributed by atoms with Gasteiger partial charge in [-0.15, -0.1) is 0 Å². The SMILES string of the molecule is Clc1cc(Cl)c2ncc(Br)cc2c1. The highest BCUT2D eigenvalue weighted by Gasteiger charge is 2.02. The zero-order valence-corrected chi connectivity index (χ0v) is 9.49. The van der Waals surface area contributed by atoms with Crippen LogP contribution in [-0.4, -0.2) is 4.98 Å². The Balaban J connectivity index is 2.86. The van der Waals surface area contributed by atoms with Crippen molar-refractivity contribution in [3.8, 4) is 0 Å². The molecule has 0 bridgehead atoms. The number of rotatable bonds is 0. The lowest BCUT2D eigenvalue weighted by Crippen LogP contribution is -1.80. The molecule has 0 saturated carbocycles. The van der Waals surface area contributed by atoms with Crippen LogP contribution in [0.4, 0.5) is 0 Å². The zero-order chi connectivity index (χ0) is 9.42. The third-order valence-electron chi connectivity index (χ3n) is 1.67. The summed E-state index contributed by atoms with van der Waals surface area (Å²) in [4.78, 5) is 4.18. The molecule has 0 aliphatic carbocycles. The van der Waals surface area contributed by atoms with Crippen molar-refractivity contribution in [2.75, 3.05) is 0 Å². The molecule has 1 nitrogen and oxygen atoms in total. The minimum Gasteiger partial charge on any atom is -0.254 e.